The molecule has 0 aromatic heterocycles. The molecule has 0 saturated heterocycles. The molecule has 0 spiro atoms. The van der Waals surface area contributed by atoms with Gasteiger partial charge in [-0.25, -0.2) is 4.90 Å². The normalized spacial score (nSPS) is 13.9. The number of anilines is 2. The predicted octanol–water partition coefficient (Wildman–Crippen LogP) is 6.03. The molecule has 0 saturated carbocycles. The van der Waals surface area contributed by atoms with E-state index >= 15 is 0 Å². The molecule has 0 N–H and O–H groups in total. The van der Waals surface area contributed by atoms with Gasteiger partial charge in [-0.1, -0.05) is 59.6 Å². The van der Waals surface area contributed by atoms with Crippen LogP contribution >= 0.6 is 23.2 Å². The zero-order chi connectivity index (χ0) is 22.3. The van der Waals surface area contributed by atoms with Crippen molar-refractivity contribution in [2.75, 3.05) is 16.8 Å². The number of hydrogen-bond acceptors (Lipinski definition) is 3. The summed E-state index contributed by atoms with van der Waals surface area (Å²) in [6.45, 7) is 3.98. The third kappa shape index (κ3) is 3.73. The Morgan fingerprint density at radius 2 is 1.52 bits per heavy atom. The lowest BCUT2D eigenvalue weighted by molar-refractivity contribution is -0.120. The van der Waals surface area contributed by atoms with Gasteiger partial charge in [0.15, 0.2) is 0 Å². The van der Waals surface area contributed by atoms with Crippen LogP contribution in [0, 0.1) is 13.8 Å². The number of rotatable bonds is 4. The van der Waals surface area contributed by atoms with Gasteiger partial charge in [-0.05, 0) is 60.9 Å². The molecule has 0 radical (unpaired) electrons. The highest BCUT2D eigenvalue weighted by molar-refractivity contribution is 6.48. The van der Waals surface area contributed by atoms with E-state index in [0.29, 0.717) is 16.2 Å². The molecule has 0 fully saturated rings. The molecule has 0 atom stereocenters. The van der Waals surface area contributed by atoms with Crippen LogP contribution in [0.25, 0.3) is 5.57 Å². The van der Waals surface area contributed by atoms with Crippen LogP contribution in [0.5, 0.6) is 0 Å². The lowest BCUT2D eigenvalue weighted by atomic mass is 9.99. The van der Waals surface area contributed by atoms with E-state index in [1.54, 1.807) is 24.1 Å². The van der Waals surface area contributed by atoms with E-state index in [0.717, 1.165) is 21.7 Å². The fourth-order valence-electron chi connectivity index (χ4n) is 3.64. The highest BCUT2D eigenvalue weighted by atomic mass is 35.5. The Morgan fingerprint density at radius 3 is 2.19 bits per heavy atom. The average Bonchev–Trinajstić information content (AvgIpc) is 3.02. The Labute approximate surface area is 191 Å². The van der Waals surface area contributed by atoms with Gasteiger partial charge in [-0.15, -0.1) is 0 Å². The summed E-state index contributed by atoms with van der Waals surface area (Å²) in [5.74, 6) is -0.885. The molecule has 1 aliphatic heterocycles. The van der Waals surface area contributed by atoms with Crippen LogP contribution in [-0.4, -0.2) is 18.9 Å². The molecule has 1 heterocycles. The van der Waals surface area contributed by atoms with Crippen molar-refractivity contribution in [3.63, 3.8) is 0 Å². The van der Waals surface area contributed by atoms with Crippen molar-refractivity contribution < 1.29 is 9.59 Å². The Balaban J connectivity index is 1.93. The van der Waals surface area contributed by atoms with Gasteiger partial charge < -0.3 is 4.90 Å². The van der Waals surface area contributed by atoms with Crippen LogP contribution in [0.2, 0.25) is 10.0 Å². The number of hydrogen-bond donors (Lipinski definition) is 0. The fourth-order valence-corrected chi connectivity index (χ4v) is 4.01. The Hall–Kier alpha value is -3.08. The van der Waals surface area contributed by atoms with Crippen LogP contribution in [0.15, 0.2) is 72.4 Å². The molecule has 4 nitrogen and oxygen atoms in total. The molecular weight excluding hydrogens is 431 g/mol. The molecule has 3 aromatic carbocycles. The monoisotopic (exact) mass is 450 g/mol. The second kappa shape index (κ2) is 8.22. The molecule has 3 aromatic rings. The number of benzene rings is 3. The van der Waals surface area contributed by atoms with Crippen LogP contribution in [-0.2, 0) is 9.59 Å². The standard InChI is InChI=1S/C25H20Cl2N2O2/c1-15-9-10-17(13-16(15)2)22-23(28(3)19-7-5-4-6-8-19)25(31)29(24(22)30)21-14-18(26)11-12-20(21)27/h4-14H,1-3H3. The first-order valence-electron chi connectivity index (χ1n) is 9.74. The highest BCUT2D eigenvalue weighted by Gasteiger charge is 2.43. The van der Waals surface area contributed by atoms with Crippen molar-refractivity contribution in [1.82, 2.24) is 0 Å². The largest absolute Gasteiger partial charge is 0.339 e. The number of nitrogens with zero attached hydrogens (tertiary/aromatic N) is 2. The summed E-state index contributed by atoms with van der Waals surface area (Å²) in [7, 11) is 1.78. The van der Waals surface area contributed by atoms with Gasteiger partial charge in [-0.3, -0.25) is 9.59 Å². The number of likely N-dealkylation sites (N-methyl/N-ethyl adjacent to an activating group) is 1. The third-order valence-electron chi connectivity index (χ3n) is 5.48. The zero-order valence-corrected chi connectivity index (χ0v) is 18.8. The highest BCUT2D eigenvalue weighted by Crippen LogP contribution is 2.39. The quantitative estimate of drug-likeness (QED) is 0.455. The average molecular weight is 451 g/mol. The summed E-state index contributed by atoms with van der Waals surface area (Å²) in [4.78, 5) is 30.1. The topological polar surface area (TPSA) is 40.6 Å². The molecule has 6 heteroatoms. The van der Waals surface area contributed by atoms with Crippen molar-refractivity contribution in [3.8, 4) is 0 Å². The van der Waals surface area contributed by atoms with E-state index in [9.17, 15) is 9.59 Å². The molecule has 2 amide bonds. The summed E-state index contributed by atoms with van der Waals surface area (Å²) in [6.07, 6.45) is 0. The summed E-state index contributed by atoms with van der Waals surface area (Å²) in [5, 5.41) is 0.659. The second-order valence-corrected chi connectivity index (χ2v) is 8.30. The first-order chi connectivity index (χ1) is 14.8. The number of aryl methyl sites for hydroxylation is 2. The first kappa shape index (κ1) is 21.2. The van der Waals surface area contributed by atoms with E-state index < -0.39 is 11.8 Å². The Bertz CT molecular complexity index is 1240. The minimum absolute atomic E-state index is 0.266. The minimum atomic E-state index is -0.450. The number of para-hydroxylation sites is 1. The maximum atomic E-state index is 13.6. The maximum absolute atomic E-state index is 13.6. The molecule has 4 rings (SSSR count). The van der Waals surface area contributed by atoms with Crippen molar-refractivity contribution >= 4 is 52.0 Å². The van der Waals surface area contributed by atoms with Gasteiger partial charge in [0.25, 0.3) is 11.8 Å². The smallest absolute Gasteiger partial charge is 0.282 e. The second-order valence-electron chi connectivity index (χ2n) is 7.46. The van der Waals surface area contributed by atoms with Crippen LogP contribution in [0.1, 0.15) is 16.7 Å². The van der Waals surface area contributed by atoms with Crippen molar-refractivity contribution in [3.05, 3.63) is 99.2 Å². The lowest BCUT2D eigenvalue weighted by Gasteiger charge is -2.22. The van der Waals surface area contributed by atoms with E-state index in [4.69, 9.17) is 23.2 Å². The number of carbonyl (C=O) groups is 2. The predicted molar refractivity (Wildman–Crippen MR) is 127 cm³/mol. The molecular formula is C25H20Cl2N2O2. The number of imide groups is 1. The number of amides is 2. The van der Waals surface area contributed by atoms with Gasteiger partial charge in [0.05, 0.1) is 16.3 Å². The van der Waals surface area contributed by atoms with Crippen molar-refractivity contribution in [1.29, 1.82) is 0 Å². The Morgan fingerprint density at radius 1 is 0.806 bits per heavy atom. The summed E-state index contributed by atoms with van der Waals surface area (Å²) >= 11 is 12.5. The van der Waals surface area contributed by atoms with Gasteiger partial charge in [0, 0.05) is 17.8 Å². The number of carbonyl (C=O) groups excluding carboxylic acids is 2. The third-order valence-corrected chi connectivity index (χ3v) is 6.04. The van der Waals surface area contributed by atoms with Crippen LogP contribution < -0.4 is 9.80 Å². The summed E-state index contributed by atoms with van der Waals surface area (Å²) < 4.78 is 0. The van der Waals surface area contributed by atoms with E-state index in [1.807, 2.05) is 62.4 Å². The van der Waals surface area contributed by atoms with E-state index in [2.05, 4.69) is 0 Å². The molecule has 0 unspecified atom stereocenters. The number of halogens is 2. The molecule has 1 aliphatic rings. The van der Waals surface area contributed by atoms with Gasteiger partial charge >= 0.3 is 0 Å². The van der Waals surface area contributed by atoms with E-state index in [-0.39, 0.29) is 16.4 Å². The Kier molecular flexibility index (Phi) is 5.61. The van der Waals surface area contributed by atoms with Crippen molar-refractivity contribution in [2.24, 2.45) is 0 Å². The van der Waals surface area contributed by atoms with E-state index in [1.165, 1.54) is 6.07 Å². The SMILES string of the molecule is Cc1ccc(C2=C(N(C)c3ccccc3)C(=O)N(c3cc(Cl)ccc3Cl)C2=O)cc1C. The molecule has 0 aliphatic carbocycles. The molecule has 31 heavy (non-hydrogen) atoms. The van der Waals surface area contributed by atoms with Gasteiger partial charge in [0.1, 0.15) is 5.70 Å². The summed E-state index contributed by atoms with van der Waals surface area (Å²) in [5.41, 5.74) is 4.49. The summed E-state index contributed by atoms with van der Waals surface area (Å²) in [6, 6.07) is 19.9. The zero-order valence-electron chi connectivity index (χ0n) is 17.3. The van der Waals surface area contributed by atoms with Crippen molar-refractivity contribution in [2.45, 2.75) is 13.8 Å². The lowest BCUT2D eigenvalue weighted by Crippen LogP contribution is -2.34. The molecule has 156 valence electrons. The molecule has 0 bridgehead atoms. The fraction of sp³-hybridized carbons (Fsp3) is 0.120. The minimum Gasteiger partial charge on any atom is -0.339 e. The van der Waals surface area contributed by atoms with Gasteiger partial charge in [0.2, 0.25) is 0 Å². The van der Waals surface area contributed by atoms with Crippen LogP contribution in [0.4, 0.5) is 11.4 Å². The van der Waals surface area contributed by atoms with Gasteiger partial charge in [-0.2, -0.15) is 0 Å². The maximum Gasteiger partial charge on any atom is 0.282 e. The van der Waals surface area contributed by atoms with Crippen LogP contribution in [0.3, 0.4) is 0 Å². The first-order valence-corrected chi connectivity index (χ1v) is 10.5.